The SMILES string of the molecule is CC(C)(CCCCCCBr)c1cc(O)c2c(c1)OC(C)(C)[C@@H]1CCC(O)C[C@@H]21. The number of phenolic OH excluding ortho intramolecular Hbond substituents is 1. The summed E-state index contributed by atoms with van der Waals surface area (Å²) in [5.41, 5.74) is 1.79. The number of rotatable bonds is 7. The normalized spacial score (nSPS) is 26.3. The van der Waals surface area contributed by atoms with Crippen LogP contribution in [-0.2, 0) is 5.41 Å². The fraction of sp³-hybridized carbons (Fsp3) is 0.750. The number of aliphatic hydroxyl groups is 1. The second kappa shape index (κ2) is 8.55. The number of aliphatic hydroxyl groups excluding tert-OH is 1. The maximum Gasteiger partial charge on any atom is 0.127 e. The van der Waals surface area contributed by atoms with Crippen molar-refractivity contribution >= 4 is 15.9 Å². The lowest BCUT2D eigenvalue weighted by Gasteiger charge is -2.48. The minimum absolute atomic E-state index is 0.00264. The fourth-order valence-corrected chi connectivity index (χ4v) is 5.67. The average Bonchev–Trinajstić information content (AvgIpc) is 2.60. The number of halogens is 1. The number of ether oxygens (including phenoxy) is 1. The van der Waals surface area contributed by atoms with Gasteiger partial charge in [-0.05, 0) is 69.1 Å². The molecule has 0 saturated heterocycles. The summed E-state index contributed by atoms with van der Waals surface area (Å²) < 4.78 is 6.45. The molecule has 1 saturated carbocycles. The zero-order valence-electron chi connectivity index (χ0n) is 17.9. The Morgan fingerprint density at radius 2 is 1.86 bits per heavy atom. The molecule has 0 radical (unpaired) electrons. The smallest absolute Gasteiger partial charge is 0.127 e. The Balaban J connectivity index is 1.85. The minimum Gasteiger partial charge on any atom is -0.508 e. The number of unbranched alkanes of at least 4 members (excludes halogenated alkanes) is 3. The topological polar surface area (TPSA) is 49.7 Å². The molecule has 4 heteroatoms. The summed E-state index contributed by atoms with van der Waals surface area (Å²) in [5, 5.41) is 22.3. The molecule has 1 aliphatic heterocycles. The highest BCUT2D eigenvalue weighted by molar-refractivity contribution is 9.09. The summed E-state index contributed by atoms with van der Waals surface area (Å²) >= 11 is 3.50. The molecule has 1 fully saturated rings. The van der Waals surface area contributed by atoms with Crippen molar-refractivity contribution in [1.82, 2.24) is 0 Å². The zero-order chi connectivity index (χ0) is 20.5. The van der Waals surface area contributed by atoms with E-state index >= 15 is 0 Å². The van der Waals surface area contributed by atoms with Crippen LogP contribution in [0.3, 0.4) is 0 Å². The first-order valence-electron chi connectivity index (χ1n) is 11.0. The Hall–Kier alpha value is -0.740. The molecule has 3 rings (SSSR count). The zero-order valence-corrected chi connectivity index (χ0v) is 19.5. The van der Waals surface area contributed by atoms with Gasteiger partial charge in [-0.15, -0.1) is 0 Å². The van der Waals surface area contributed by atoms with Crippen LogP contribution in [0.4, 0.5) is 0 Å². The van der Waals surface area contributed by atoms with Crippen LogP contribution >= 0.6 is 15.9 Å². The van der Waals surface area contributed by atoms with Crippen molar-refractivity contribution in [3.63, 3.8) is 0 Å². The van der Waals surface area contributed by atoms with Crippen LogP contribution < -0.4 is 4.74 Å². The van der Waals surface area contributed by atoms with Crippen molar-refractivity contribution in [2.45, 2.75) is 102 Å². The molecule has 2 N–H and O–H groups in total. The summed E-state index contributed by atoms with van der Waals surface area (Å²) in [5.74, 6) is 1.67. The summed E-state index contributed by atoms with van der Waals surface area (Å²) in [6.45, 7) is 8.84. The predicted molar refractivity (Wildman–Crippen MR) is 119 cm³/mol. The summed E-state index contributed by atoms with van der Waals surface area (Å²) in [7, 11) is 0. The molecule has 1 aliphatic carbocycles. The Kier molecular flexibility index (Phi) is 6.71. The van der Waals surface area contributed by atoms with Crippen molar-refractivity contribution in [2.75, 3.05) is 5.33 Å². The van der Waals surface area contributed by atoms with Crippen molar-refractivity contribution in [3.8, 4) is 11.5 Å². The van der Waals surface area contributed by atoms with E-state index in [-0.39, 0.29) is 23.0 Å². The maximum atomic E-state index is 11.0. The lowest BCUT2D eigenvalue weighted by Crippen LogP contribution is -2.47. The molecule has 1 aromatic carbocycles. The Bertz CT molecular complexity index is 683. The van der Waals surface area contributed by atoms with E-state index in [1.165, 1.54) is 25.7 Å². The van der Waals surface area contributed by atoms with Crippen molar-refractivity contribution in [1.29, 1.82) is 0 Å². The monoisotopic (exact) mass is 452 g/mol. The van der Waals surface area contributed by atoms with Crippen LogP contribution in [0.1, 0.15) is 96.1 Å². The van der Waals surface area contributed by atoms with Crippen LogP contribution in [0, 0.1) is 5.92 Å². The molecule has 1 unspecified atom stereocenters. The van der Waals surface area contributed by atoms with Crippen LogP contribution in [0.5, 0.6) is 11.5 Å². The minimum atomic E-state index is -0.280. The molecule has 1 aromatic rings. The molecular formula is C24H37BrO3. The lowest BCUT2D eigenvalue weighted by molar-refractivity contribution is -0.0318. The van der Waals surface area contributed by atoms with Gasteiger partial charge in [0.2, 0.25) is 0 Å². The van der Waals surface area contributed by atoms with Gasteiger partial charge in [0.1, 0.15) is 17.1 Å². The number of hydrogen-bond acceptors (Lipinski definition) is 3. The molecular weight excluding hydrogens is 416 g/mol. The van der Waals surface area contributed by atoms with E-state index < -0.39 is 0 Å². The summed E-state index contributed by atoms with van der Waals surface area (Å²) in [4.78, 5) is 0. The van der Waals surface area contributed by atoms with E-state index in [0.29, 0.717) is 18.1 Å². The Morgan fingerprint density at radius 3 is 2.57 bits per heavy atom. The van der Waals surface area contributed by atoms with Gasteiger partial charge in [-0.25, -0.2) is 0 Å². The first-order valence-corrected chi connectivity index (χ1v) is 12.1. The molecule has 158 valence electrons. The van der Waals surface area contributed by atoms with E-state index in [2.05, 4.69) is 49.7 Å². The van der Waals surface area contributed by atoms with Crippen LogP contribution in [0.25, 0.3) is 0 Å². The largest absolute Gasteiger partial charge is 0.508 e. The van der Waals surface area contributed by atoms with E-state index in [9.17, 15) is 10.2 Å². The number of aromatic hydroxyl groups is 1. The molecule has 3 nitrogen and oxygen atoms in total. The van der Waals surface area contributed by atoms with Crippen LogP contribution in [0.15, 0.2) is 12.1 Å². The van der Waals surface area contributed by atoms with Gasteiger partial charge in [-0.2, -0.15) is 0 Å². The van der Waals surface area contributed by atoms with Gasteiger partial charge in [-0.1, -0.05) is 49.0 Å². The predicted octanol–water partition coefficient (Wildman–Crippen LogP) is 6.43. The maximum absolute atomic E-state index is 11.0. The van der Waals surface area contributed by atoms with E-state index in [1.807, 2.05) is 6.07 Å². The molecule has 0 bridgehead atoms. The third-order valence-electron chi connectivity index (χ3n) is 7.05. The summed E-state index contributed by atoms with van der Waals surface area (Å²) in [6.07, 6.45) is 8.24. The van der Waals surface area contributed by atoms with E-state index in [0.717, 1.165) is 41.5 Å². The van der Waals surface area contributed by atoms with Gasteiger partial charge in [0, 0.05) is 22.7 Å². The first-order chi connectivity index (χ1) is 13.2. The average molecular weight is 453 g/mol. The van der Waals surface area contributed by atoms with E-state index in [1.54, 1.807) is 0 Å². The molecule has 3 atom stereocenters. The number of hydrogen-bond donors (Lipinski definition) is 2. The lowest BCUT2D eigenvalue weighted by atomic mass is 9.65. The van der Waals surface area contributed by atoms with E-state index in [4.69, 9.17) is 4.74 Å². The molecule has 28 heavy (non-hydrogen) atoms. The van der Waals surface area contributed by atoms with Gasteiger partial charge in [-0.3, -0.25) is 0 Å². The number of fused-ring (bicyclic) bond motifs is 3. The van der Waals surface area contributed by atoms with Crippen molar-refractivity contribution in [2.24, 2.45) is 5.92 Å². The van der Waals surface area contributed by atoms with Crippen LogP contribution in [0.2, 0.25) is 0 Å². The molecule has 0 amide bonds. The molecule has 0 aromatic heterocycles. The fourth-order valence-electron chi connectivity index (χ4n) is 5.28. The second-order valence-electron chi connectivity index (χ2n) is 10.0. The second-order valence-corrected chi connectivity index (χ2v) is 10.8. The Labute approximate surface area is 179 Å². The van der Waals surface area contributed by atoms with Crippen molar-refractivity contribution < 1.29 is 14.9 Å². The van der Waals surface area contributed by atoms with Gasteiger partial charge < -0.3 is 14.9 Å². The third kappa shape index (κ3) is 4.53. The standard InChI is InChI=1S/C24H37BrO3/c1-23(2,11-7-5-6-8-12-25)16-13-20(27)22-18-15-17(26)9-10-19(18)24(3,4)28-21(22)14-16/h13-14,17-19,26-27H,5-12,15H2,1-4H3/t17?,18-,19-/m1/s1. The highest BCUT2D eigenvalue weighted by Crippen LogP contribution is 2.55. The van der Waals surface area contributed by atoms with Gasteiger partial charge in [0.05, 0.1) is 6.10 Å². The van der Waals surface area contributed by atoms with Crippen molar-refractivity contribution in [3.05, 3.63) is 23.3 Å². The first kappa shape index (κ1) is 22.0. The molecule has 0 spiro atoms. The third-order valence-corrected chi connectivity index (χ3v) is 7.61. The quantitative estimate of drug-likeness (QED) is 0.369. The highest BCUT2D eigenvalue weighted by atomic mass is 79.9. The number of phenols is 1. The highest BCUT2D eigenvalue weighted by Gasteiger charge is 2.47. The van der Waals surface area contributed by atoms with Gasteiger partial charge >= 0.3 is 0 Å². The Morgan fingerprint density at radius 1 is 1.14 bits per heavy atom. The summed E-state index contributed by atoms with van der Waals surface area (Å²) in [6, 6.07) is 4.11. The van der Waals surface area contributed by atoms with Gasteiger partial charge in [0.15, 0.2) is 0 Å². The van der Waals surface area contributed by atoms with Gasteiger partial charge in [0.25, 0.3) is 0 Å². The number of benzene rings is 1. The van der Waals surface area contributed by atoms with Crippen LogP contribution in [-0.4, -0.2) is 27.2 Å². The molecule has 1 heterocycles. The molecule has 2 aliphatic rings. The number of alkyl halides is 1.